The maximum absolute atomic E-state index is 11.1. The lowest BCUT2D eigenvalue weighted by Gasteiger charge is -2.15. The molecule has 0 unspecified atom stereocenters. The van der Waals surface area contributed by atoms with Gasteiger partial charge in [-0.05, 0) is 42.3 Å². The van der Waals surface area contributed by atoms with Gasteiger partial charge in [-0.15, -0.1) is 0 Å². The molecule has 7 heteroatoms. The van der Waals surface area contributed by atoms with Crippen LogP contribution in [-0.2, 0) is 6.54 Å². The molecule has 2 rings (SSSR count). The van der Waals surface area contributed by atoms with Crippen LogP contribution in [0, 0.1) is 0 Å². The van der Waals surface area contributed by atoms with E-state index in [0.717, 1.165) is 16.5 Å². The van der Waals surface area contributed by atoms with Crippen LogP contribution in [0.15, 0.2) is 34.8 Å². The standard InChI is InChI=1S/C18H19BrClNO4/c1-3-6-25-17-9-13(19)12(8-16(17)24-2)10-21-15-7-11(18(22)23)4-5-14(15)20/h4-5,7-9,21H,3,6,10H2,1-2H3,(H,22,23). The minimum absolute atomic E-state index is 0.173. The largest absolute Gasteiger partial charge is 0.493 e. The average molecular weight is 429 g/mol. The van der Waals surface area contributed by atoms with E-state index in [0.29, 0.717) is 35.4 Å². The average Bonchev–Trinajstić information content (AvgIpc) is 2.59. The van der Waals surface area contributed by atoms with Crippen LogP contribution in [0.2, 0.25) is 5.02 Å². The molecular formula is C18H19BrClNO4. The van der Waals surface area contributed by atoms with E-state index in [1.807, 2.05) is 19.1 Å². The fourth-order valence-corrected chi connectivity index (χ4v) is 2.83. The molecule has 0 radical (unpaired) electrons. The second-order valence-electron chi connectivity index (χ2n) is 5.30. The van der Waals surface area contributed by atoms with E-state index in [1.54, 1.807) is 13.2 Å². The van der Waals surface area contributed by atoms with E-state index in [2.05, 4.69) is 21.2 Å². The van der Waals surface area contributed by atoms with Crippen molar-refractivity contribution in [1.29, 1.82) is 0 Å². The first-order chi connectivity index (χ1) is 12.0. The predicted octanol–water partition coefficient (Wildman–Crippen LogP) is 5.21. The van der Waals surface area contributed by atoms with Crippen LogP contribution in [0.3, 0.4) is 0 Å². The Balaban J connectivity index is 2.20. The molecule has 0 aromatic heterocycles. The predicted molar refractivity (Wildman–Crippen MR) is 102 cm³/mol. The molecule has 0 aliphatic carbocycles. The van der Waals surface area contributed by atoms with Gasteiger partial charge in [-0.2, -0.15) is 0 Å². The smallest absolute Gasteiger partial charge is 0.335 e. The number of aromatic carboxylic acids is 1. The third-order valence-electron chi connectivity index (χ3n) is 3.48. The van der Waals surface area contributed by atoms with Gasteiger partial charge in [0.1, 0.15) is 0 Å². The summed E-state index contributed by atoms with van der Waals surface area (Å²) in [5, 5.41) is 12.7. The Hall–Kier alpha value is -1.92. The molecular weight excluding hydrogens is 410 g/mol. The first kappa shape index (κ1) is 19.4. The summed E-state index contributed by atoms with van der Waals surface area (Å²) in [5.74, 6) is 0.310. The van der Waals surface area contributed by atoms with Gasteiger partial charge in [0.25, 0.3) is 0 Å². The summed E-state index contributed by atoms with van der Waals surface area (Å²) in [6, 6.07) is 8.27. The molecule has 25 heavy (non-hydrogen) atoms. The van der Waals surface area contributed by atoms with Crippen molar-refractivity contribution in [3.63, 3.8) is 0 Å². The summed E-state index contributed by atoms with van der Waals surface area (Å²) in [7, 11) is 1.59. The van der Waals surface area contributed by atoms with Gasteiger partial charge in [0.2, 0.25) is 0 Å². The Kier molecular flexibility index (Phi) is 6.96. The van der Waals surface area contributed by atoms with E-state index < -0.39 is 5.97 Å². The van der Waals surface area contributed by atoms with Crippen molar-refractivity contribution in [3.05, 3.63) is 51.0 Å². The molecule has 0 saturated carbocycles. The van der Waals surface area contributed by atoms with E-state index in [-0.39, 0.29) is 5.56 Å². The second-order valence-corrected chi connectivity index (χ2v) is 6.56. The van der Waals surface area contributed by atoms with Gasteiger partial charge in [0.05, 0.1) is 30.0 Å². The first-order valence-corrected chi connectivity index (χ1v) is 8.89. The summed E-state index contributed by atoms with van der Waals surface area (Å²) in [5.41, 5.74) is 1.66. The van der Waals surface area contributed by atoms with Crippen molar-refractivity contribution < 1.29 is 19.4 Å². The third kappa shape index (κ3) is 5.03. The molecule has 134 valence electrons. The van der Waals surface area contributed by atoms with Crippen LogP contribution in [0.4, 0.5) is 5.69 Å². The summed E-state index contributed by atoms with van der Waals surface area (Å²) < 4.78 is 11.9. The normalized spacial score (nSPS) is 10.4. The summed E-state index contributed by atoms with van der Waals surface area (Å²) >= 11 is 9.67. The number of rotatable bonds is 8. The van der Waals surface area contributed by atoms with E-state index in [9.17, 15) is 4.79 Å². The summed E-state index contributed by atoms with van der Waals surface area (Å²) in [4.78, 5) is 11.1. The molecule has 0 aliphatic heterocycles. The zero-order valence-corrected chi connectivity index (χ0v) is 16.3. The van der Waals surface area contributed by atoms with Crippen LogP contribution < -0.4 is 14.8 Å². The van der Waals surface area contributed by atoms with Crippen LogP contribution in [0.5, 0.6) is 11.5 Å². The van der Waals surface area contributed by atoms with Crippen molar-refractivity contribution in [1.82, 2.24) is 0 Å². The quantitative estimate of drug-likeness (QED) is 0.604. The molecule has 2 aromatic carbocycles. The van der Waals surface area contributed by atoms with Gasteiger partial charge >= 0.3 is 5.97 Å². The molecule has 0 aliphatic rings. The Morgan fingerprint density at radius 3 is 2.68 bits per heavy atom. The SMILES string of the molecule is CCCOc1cc(Br)c(CNc2cc(C(=O)O)ccc2Cl)cc1OC. The van der Waals surface area contributed by atoms with Crippen molar-refractivity contribution in [3.8, 4) is 11.5 Å². The number of methoxy groups -OCH3 is 1. The number of carboxylic acid groups (broad SMARTS) is 1. The molecule has 0 fully saturated rings. The van der Waals surface area contributed by atoms with E-state index >= 15 is 0 Å². The molecule has 2 aromatic rings. The second kappa shape index (κ2) is 8.97. The molecule has 0 bridgehead atoms. The lowest BCUT2D eigenvalue weighted by molar-refractivity contribution is 0.0697. The Labute approximate surface area is 160 Å². The van der Waals surface area contributed by atoms with Gasteiger partial charge in [-0.25, -0.2) is 4.79 Å². The molecule has 0 atom stereocenters. The highest BCUT2D eigenvalue weighted by Gasteiger charge is 2.12. The molecule has 0 saturated heterocycles. The molecule has 0 spiro atoms. The number of anilines is 1. The maximum Gasteiger partial charge on any atom is 0.335 e. The Morgan fingerprint density at radius 1 is 1.28 bits per heavy atom. The van der Waals surface area contributed by atoms with Gasteiger partial charge in [0, 0.05) is 11.0 Å². The van der Waals surface area contributed by atoms with Crippen molar-refractivity contribution in [2.45, 2.75) is 19.9 Å². The number of ether oxygens (including phenoxy) is 2. The zero-order chi connectivity index (χ0) is 18.4. The molecule has 2 N–H and O–H groups in total. The lowest BCUT2D eigenvalue weighted by atomic mass is 10.1. The van der Waals surface area contributed by atoms with Crippen LogP contribution in [0.25, 0.3) is 0 Å². The molecule has 0 heterocycles. The number of nitrogens with one attached hydrogen (secondary N) is 1. The molecule has 5 nitrogen and oxygen atoms in total. The van der Waals surface area contributed by atoms with E-state index in [1.165, 1.54) is 12.1 Å². The van der Waals surface area contributed by atoms with Crippen LogP contribution in [-0.4, -0.2) is 24.8 Å². The van der Waals surface area contributed by atoms with Gasteiger partial charge in [-0.1, -0.05) is 34.5 Å². The summed E-state index contributed by atoms with van der Waals surface area (Å²) in [6.07, 6.45) is 0.905. The minimum atomic E-state index is -1.00. The number of hydrogen-bond acceptors (Lipinski definition) is 4. The number of benzene rings is 2. The monoisotopic (exact) mass is 427 g/mol. The number of hydrogen-bond donors (Lipinski definition) is 2. The van der Waals surface area contributed by atoms with Crippen LogP contribution in [0.1, 0.15) is 29.3 Å². The fourth-order valence-electron chi connectivity index (χ4n) is 2.18. The number of carbonyl (C=O) groups is 1. The zero-order valence-electron chi connectivity index (χ0n) is 13.9. The highest BCUT2D eigenvalue weighted by atomic mass is 79.9. The summed E-state index contributed by atoms with van der Waals surface area (Å²) in [6.45, 7) is 3.08. The van der Waals surface area contributed by atoms with E-state index in [4.69, 9.17) is 26.2 Å². The Morgan fingerprint density at radius 2 is 2.04 bits per heavy atom. The van der Waals surface area contributed by atoms with Gasteiger partial charge in [0.15, 0.2) is 11.5 Å². The maximum atomic E-state index is 11.1. The number of carboxylic acids is 1. The first-order valence-electron chi connectivity index (χ1n) is 7.72. The van der Waals surface area contributed by atoms with Gasteiger partial charge in [-0.3, -0.25) is 0 Å². The fraction of sp³-hybridized carbons (Fsp3) is 0.278. The number of halogens is 2. The molecule has 0 amide bonds. The van der Waals surface area contributed by atoms with Crippen molar-refractivity contribution >= 4 is 39.2 Å². The minimum Gasteiger partial charge on any atom is -0.493 e. The van der Waals surface area contributed by atoms with Gasteiger partial charge < -0.3 is 19.9 Å². The lowest BCUT2D eigenvalue weighted by Crippen LogP contribution is -2.05. The Bertz CT molecular complexity index is 767. The third-order valence-corrected chi connectivity index (χ3v) is 4.54. The van der Waals surface area contributed by atoms with Crippen molar-refractivity contribution in [2.24, 2.45) is 0 Å². The van der Waals surface area contributed by atoms with Crippen molar-refractivity contribution in [2.75, 3.05) is 19.0 Å². The highest BCUT2D eigenvalue weighted by Crippen LogP contribution is 2.34. The highest BCUT2D eigenvalue weighted by molar-refractivity contribution is 9.10. The topological polar surface area (TPSA) is 67.8 Å². The van der Waals surface area contributed by atoms with Crippen LogP contribution >= 0.6 is 27.5 Å².